The number of piperidine rings is 1. The number of carboxylic acids is 1. The Kier molecular flexibility index (Phi) is 4.73. The van der Waals surface area contributed by atoms with Crippen LogP contribution >= 0.6 is 0 Å². The first-order chi connectivity index (χ1) is 9.61. The summed E-state index contributed by atoms with van der Waals surface area (Å²) in [6.45, 7) is 0.808. The lowest BCUT2D eigenvalue weighted by molar-refractivity contribution is -0.138. The largest absolute Gasteiger partial charge is 0.481 e. The van der Waals surface area contributed by atoms with Gasteiger partial charge in [0.25, 0.3) is 5.91 Å². The summed E-state index contributed by atoms with van der Waals surface area (Å²) in [6.07, 6.45) is 2.50. The van der Waals surface area contributed by atoms with Crippen molar-refractivity contribution in [1.29, 1.82) is 0 Å². The van der Waals surface area contributed by atoms with E-state index >= 15 is 0 Å². The summed E-state index contributed by atoms with van der Waals surface area (Å²) >= 11 is 0. The Morgan fingerprint density at radius 2 is 2.35 bits per heavy atom. The van der Waals surface area contributed by atoms with Gasteiger partial charge < -0.3 is 19.3 Å². The van der Waals surface area contributed by atoms with Gasteiger partial charge in [-0.1, -0.05) is 5.16 Å². The fourth-order valence-corrected chi connectivity index (χ4v) is 2.45. The topological polar surface area (TPSA) is 92.9 Å². The quantitative estimate of drug-likeness (QED) is 0.874. The zero-order valence-electron chi connectivity index (χ0n) is 11.4. The van der Waals surface area contributed by atoms with Gasteiger partial charge in [0, 0.05) is 25.8 Å². The van der Waals surface area contributed by atoms with Crippen molar-refractivity contribution in [3.63, 3.8) is 0 Å². The number of ether oxygens (including phenoxy) is 1. The first kappa shape index (κ1) is 14.5. The number of carboxylic acid groups (broad SMARTS) is 1. The first-order valence-electron chi connectivity index (χ1n) is 6.59. The Morgan fingerprint density at radius 1 is 1.55 bits per heavy atom. The molecule has 0 bridgehead atoms. The summed E-state index contributed by atoms with van der Waals surface area (Å²) in [5, 5.41) is 12.7. The molecular weight excluding hydrogens is 264 g/mol. The minimum Gasteiger partial charge on any atom is -0.481 e. The van der Waals surface area contributed by atoms with Gasteiger partial charge in [-0.25, -0.2) is 0 Å². The number of carbonyl (C=O) groups is 2. The zero-order chi connectivity index (χ0) is 14.5. The van der Waals surface area contributed by atoms with Crippen LogP contribution in [0, 0.1) is 0 Å². The molecule has 0 aliphatic carbocycles. The molecule has 0 spiro atoms. The van der Waals surface area contributed by atoms with Crippen LogP contribution in [0.3, 0.4) is 0 Å². The van der Waals surface area contributed by atoms with Crippen molar-refractivity contribution in [2.75, 3.05) is 13.7 Å². The molecule has 0 aromatic carbocycles. The Bertz CT molecular complexity index is 485. The van der Waals surface area contributed by atoms with Crippen molar-refractivity contribution in [3.8, 4) is 0 Å². The molecule has 1 fully saturated rings. The van der Waals surface area contributed by atoms with Crippen molar-refractivity contribution in [2.24, 2.45) is 0 Å². The minimum atomic E-state index is -0.894. The van der Waals surface area contributed by atoms with Gasteiger partial charge in [0.2, 0.25) is 0 Å². The summed E-state index contributed by atoms with van der Waals surface area (Å²) in [7, 11) is 1.53. The van der Waals surface area contributed by atoms with Crippen LogP contribution in [-0.2, 0) is 16.1 Å². The van der Waals surface area contributed by atoms with Crippen LogP contribution < -0.4 is 0 Å². The third kappa shape index (κ3) is 3.36. The SMILES string of the molecule is COCc1cc(C(=O)N2CCCCC2CC(=O)O)no1. The van der Waals surface area contributed by atoms with Gasteiger partial charge >= 0.3 is 5.97 Å². The second kappa shape index (κ2) is 6.51. The molecule has 0 saturated carbocycles. The van der Waals surface area contributed by atoms with Crippen LogP contribution in [0.25, 0.3) is 0 Å². The predicted octanol–water partition coefficient (Wildman–Crippen LogP) is 1.29. The van der Waals surface area contributed by atoms with E-state index in [0.717, 1.165) is 12.8 Å². The number of carbonyl (C=O) groups excluding carboxylic acids is 1. The maximum absolute atomic E-state index is 12.4. The van der Waals surface area contributed by atoms with Crippen molar-refractivity contribution < 1.29 is 24.0 Å². The molecule has 110 valence electrons. The van der Waals surface area contributed by atoms with E-state index in [9.17, 15) is 9.59 Å². The maximum atomic E-state index is 12.4. The number of aromatic nitrogens is 1. The van der Waals surface area contributed by atoms with Crippen LogP contribution in [0.4, 0.5) is 0 Å². The van der Waals surface area contributed by atoms with Crippen molar-refractivity contribution >= 4 is 11.9 Å². The molecule has 2 heterocycles. The zero-order valence-corrected chi connectivity index (χ0v) is 11.4. The van der Waals surface area contributed by atoms with E-state index in [4.69, 9.17) is 14.4 Å². The standard InChI is InChI=1S/C13H18N2O5/c1-19-8-10-7-11(14-20-10)13(18)15-5-3-2-4-9(15)6-12(16)17/h7,9H,2-6,8H2,1H3,(H,16,17). The lowest BCUT2D eigenvalue weighted by Crippen LogP contribution is -2.44. The normalized spacial score (nSPS) is 19.1. The summed E-state index contributed by atoms with van der Waals surface area (Å²) in [6, 6.07) is 1.27. The molecule has 1 N–H and O–H groups in total. The van der Waals surface area contributed by atoms with E-state index in [1.807, 2.05) is 0 Å². The smallest absolute Gasteiger partial charge is 0.305 e. The predicted molar refractivity (Wildman–Crippen MR) is 68.1 cm³/mol. The number of aliphatic carboxylic acids is 1. The molecule has 1 unspecified atom stereocenters. The highest BCUT2D eigenvalue weighted by molar-refractivity contribution is 5.92. The second-order valence-electron chi connectivity index (χ2n) is 4.86. The molecule has 1 aromatic heterocycles. The van der Waals surface area contributed by atoms with Crippen LogP contribution in [0.2, 0.25) is 0 Å². The molecule has 20 heavy (non-hydrogen) atoms. The van der Waals surface area contributed by atoms with Crippen LogP contribution in [0.5, 0.6) is 0 Å². The Morgan fingerprint density at radius 3 is 3.05 bits per heavy atom. The number of likely N-dealkylation sites (tertiary alicyclic amines) is 1. The van der Waals surface area contributed by atoms with Gasteiger partial charge in [0.05, 0.1) is 6.42 Å². The van der Waals surface area contributed by atoms with Gasteiger partial charge in [0.15, 0.2) is 11.5 Å². The molecule has 1 aromatic rings. The van der Waals surface area contributed by atoms with Crippen LogP contribution in [0.15, 0.2) is 10.6 Å². The number of methoxy groups -OCH3 is 1. The van der Waals surface area contributed by atoms with Gasteiger partial charge in [-0.15, -0.1) is 0 Å². The van der Waals surface area contributed by atoms with Gasteiger partial charge in [0.1, 0.15) is 6.61 Å². The molecule has 1 aliphatic heterocycles. The van der Waals surface area contributed by atoms with E-state index < -0.39 is 5.97 Å². The molecule has 2 rings (SSSR count). The molecule has 7 nitrogen and oxygen atoms in total. The highest BCUT2D eigenvalue weighted by Gasteiger charge is 2.30. The van der Waals surface area contributed by atoms with E-state index in [-0.39, 0.29) is 30.7 Å². The summed E-state index contributed by atoms with van der Waals surface area (Å²) in [4.78, 5) is 24.8. The van der Waals surface area contributed by atoms with Gasteiger partial charge in [-0.05, 0) is 19.3 Å². The average molecular weight is 282 g/mol. The van der Waals surface area contributed by atoms with Gasteiger partial charge in [-0.2, -0.15) is 0 Å². The maximum Gasteiger partial charge on any atom is 0.305 e. The number of hydrogen-bond acceptors (Lipinski definition) is 5. The van der Waals surface area contributed by atoms with E-state index in [1.54, 1.807) is 4.90 Å². The van der Waals surface area contributed by atoms with Crippen molar-refractivity contribution in [2.45, 2.75) is 38.3 Å². The number of hydrogen-bond donors (Lipinski definition) is 1. The molecule has 1 amide bonds. The summed E-state index contributed by atoms with van der Waals surface area (Å²) in [5.74, 6) is -0.695. The van der Waals surface area contributed by atoms with E-state index in [1.165, 1.54) is 13.2 Å². The van der Waals surface area contributed by atoms with Gasteiger partial charge in [-0.3, -0.25) is 9.59 Å². The Labute approximate surface area is 116 Å². The molecule has 1 saturated heterocycles. The number of rotatable bonds is 5. The van der Waals surface area contributed by atoms with Crippen LogP contribution in [-0.4, -0.2) is 46.7 Å². The van der Waals surface area contributed by atoms with E-state index in [2.05, 4.69) is 5.16 Å². The van der Waals surface area contributed by atoms with Crippen molar-refractivity contribution in [1.82, 2.24) is 10.1 Å². The molecule has 0 radical (unpaired) electrons. The second-order valence-corrected chi connectivity index (χ2v) is 4.86. The average Bonchev–Trinajstić information content (AvgIpc) is 2.87. The fraction of sp³-hybridized carbons (Fsp3) is 0.615. The van der Waals surface area contributed by atoms with Crippen molar-refractivity contribution in [3.05, 3.63) is 17.5 Å². The third-order valence-corrected chi connectivity index (χ3v) is 3.36. The fourth-order valence-electron chi connectivity index (χ4n) is 2.45. The lowest BCUT2D eigenvalue weighted by Gasteiger charge is -2.34. The monoisotopic (exact) mass is 282 g/mol. The molecule has 1 atom stereocenters. The third-order valence-electron chi connectivity index (χ3n) is 3.36. The number of nitrogens with zero attached hydrogens (tertiary/aromatic N) is 2. The number of amides is 1. The molecule has 7 heteroatoms. The summed E-state index contributed by atoms with van der Waals surface area (Å²) in [5.41, 5.74) is 0.203. The Hall–Kier alpha value is -1.89. The van der Waals surface area contributed by atoms with Crippen LogP contribution in [0.1, 0.15) is 41.9 Å². The molecule has 1 aliphatic rings. The minimum absolute atomic E-state index is 0.0332. The highest BCUT2D eigenvalue weighted by atomic mass is 16.5. The highest BCUT2D eigenvalue weighted by Crippen LogP contribution is 2.22. The summed E-state index contributed by atoms with van der Waals surface area (Å²) < 4.78 is 9.90. The Balaban J connectivity index is 2.09. The molecular formula is C13H18N2O5. The lowest BCUT2D eigenvalue weighted by atomic mass is 9.99. The first-order valence-corrected chi connectivity index (χ1v) is 6.59. The van der Waals surface area contributed by atoms with E-state index in [0.29, 0.717) is 18.7 Å².